The molecule has 0 aromatic carbocycles. The first-order chi connectivity index (χ1) is 6.26. The zero-order valence-electron chi connectivity index (χ0n) is 6.53. The second kappa shape index (κ2) is 4.39. The van der Waals surface area contributed by atoms with Crippen LogP contribution in [0.3, 0.4) is 0 Å². The van der Waals surface area contributed by atoms with Gasteiger partial charge < -0.3 is 0 Å². The molecule has 0 aliphatic carbocycles. The molecule has 0 unspecified atom stereocenters. The fraction of sp³-hybridized carbons (Fsp3) is 0. The molecule has 0 atom stereocenters. The molecule has 1 rings (SSSR count). The molecule has 1 heterocycles. The number of nitrogens with zero attached hydrogens (tertiary/aromatic N) is 3. The molecule has 1 aromatic rings. The molecule has 0 aliphatic heterocycles. The normalized spacial score (nSPS) is 8.23. The van der Waals surface area contributed by atoms with Crippen LogP contribution in [-0.4, -0.2) is 4.98 Å². The molecule has 0 saturated carbocycles. The minimum absolute atomic E-state index is 0.0733. The van der Waals surface area contributed by atoms with Gasteiger partial charge in [-0.1, -0.05) is 6.07 Å². The summed E-state index contributed by atoms with van der Waals surface area (Å²) in [6, 6.07) is 7.07. The van der Waals surface area contributed by atoms with Crippen LogP contribution in [0.5, 0.6) is 0 Å². The zero-order valence-corrected chi connectivity index (χ0v) is 8.12. The second-order valence-corrected chi connectivity index (χ2v) is 3.01. The monoisotopic (exact) mass is 233 g/mol. The van der Waals surface area contributed by atoms with E-state index >= 15 is 0 Å². The Morgan fingerprint density at radius 3 is 2.54 bits per heavy atom. The molecule has 62 valence electrons. The lowest BCUT2D eigenvalue weighted by atomic mass is 10.2. The summed E-state index contributed by atoms with van der Waals surface area (Å²) < 4.78 is 0.722. The van der Waals surface area contributed by atoms with Crippen LogP contribution in [0.25, 0.3) is 6.08 Å². The Labute approximate surface area is 84.1 Å². The van der Waals surface area contributed by atoms with Gasteiger partial charge in [0.15, 0.2) is 0 Å². The molecule has 0 saturated heterocycles. The van der Waals surface area contributed by atoms with Crippen molar-refractivity contribution in [1.82, 2.24) is 4.98 Å². The summed E-state index contributed by atoms with van der Waals surface area (Å²) in [7, 11) is 0. The Morgan fingerprint density at radius 1 is 1.38 bits per heavy atom. The van der Waals surface area contributed by atoms with Crippen LogP contribution in [0.2, 0.25) is 0 Å². The first kappa shape index (κ1) is 9.44. The quantitative estimate of drug-likeness (QED) is 0.553. The molecule has 0 bridgehead atoms. The highest BCUT2D eigenvalue weighted by Crippen LogP contribution is 2.09. The SMILES string of the molecule is N#CC(C#N)=Cc1ccc(Br)nc1. The minimum Gasteiger partial charge on any atom is -0.249 e. The molecule has 13 heavy (non-hydrogen) atoms. The number of halogens is 1. The molecule has 0 fully saturated rings. The fourth-order valence-electron chi connectivity index (χ4n) is 0.729. The molecule has 3 nitrogen and oxygen atoms in total. The molecule has 0 amide bonds. The van der Waals surface area contributed by atoms with Gasteiger partial charge in [-0.3, -0.25) is 0 Å². The third-order valence-corrected chi connectivity index (χ3v) is 1.77. The predicted octanol–water partition coefficient (Wildman–Crippen LogP) is 2.27. The molecular formula is C9H4BrN3. The number of hydrogen-bond donors (Lipinski definition) is 0. The van der Waals surface area contributed by atoms with E-state index in [-0.39, 0.29) is 5.57 Å². The van der Waals surface area contributed by atoms with Crippen LogP contribution in [0.4, 0.5) is 0 Å². The lowest BCUT2D eigenvalue weighted by Gasteiger charge is -1.91. The largest absolute Gasteiger partial charge is 0.249 e. The summed E-state index contributed by atoms with van der Waals surface area (Å²) in [4.78, 5) is 3.95. The first-order valence-corrected chi connectivity index (χ1v) is 4.19. The average molecular weight is 234 g/mol. The van der Waals surface area contributed by atoms with Crippen molar-refractivity contribution in [2.75, 3.05) is 0 Å². The highest BCUT2D eigenvalue weighted by Gasteiger charge is 1.93. The maximum Gasteiger partial charge on any atom is 0.130 e. The lowest BCUT2D eigenvalue weighted by molar-refractivity contribution is 1.27. The maximum absolute atomic E-state index is 8.47. The number of aromatic nitrogens is 1. The number of nitriles is 2. The third-order valence-electron chi connectivity index (χ3n) is 1.30. The molecule has 0 spiro atoms. The van der Waals surface area contributed by atoms with Gasteiger partial charge in [-0.25, -0.2) is 4.98 Å². The van der Waals surface area contributed by atoms with Crippen molar-refractivity contribution in [1.29, 1.82) is 10.5 Å². The maximum atomic E-state index is 8.47. The van der Waals surface area contributed by atoms with E-state index in [1.807, 2.05) is 0 Å². The van der Waals surface area contributed by atoms with E-state index in [0.29, 0.717) is 0 Å². The van der Waals surface area contributed by atoms with Crippen molar-refractivity contribution in [3.8, 4) is 12.1 Å². The van der Waals surface area contributed by atoms with Gasteiger partial charge in [-0.2, -0.15) is 10.5 Å². The molecular weight excluding hydrogens is 230 g/mol. The van der Waals surface area contributed by atoms with Crippen molar-refractivity contribution >= 4 is 22.0 Å². The fourth-order valence-corrected chi connectivity index (χ4v) is 0.963. The van der Waals surface area contributed by atoms with Crippen LogP contribution in [0, 0.1) is 22.7 Å². The van der Waals surface area contributed by atoms with Gasteiger partial charge in [0.2, 0.25) is 0 Å². The standard InChI is InChI=1S/C9H4BrN3/c10-9-2-1-7(6-13-9)3-8(4-11)5-12/h1-3,6H. The number of pyridine rings is 1. The number of allylic oxidation sites excluding steroid dienone is 1. The van der Waals surface area contributed by atoms with E-state index in [1.54, 1.807) is 30.5 Å². The second-order valence-electron chi connectivity index (χ2n) is 2.20. The summed E-state index contributed by atoms with van der Waals surface area (Å²) in [5, 5.41) is 16.9. The third kappa shape index (κ3) is 2.70. The summed E-state index contributed by atoms with van der Waals surface area (Å²) in [5.74, 6) is 0. The Kier molecular flexibility index (Phi) is 3.19. The summed E-state index contributed by atoms with van der Waals surface area (Å²) in [5.41, 5.74) is 0.811. The van der Waals surface area contributed by atoms with Gasteiger partial charge in [-0.15, -0.1) is 0 Å². The van der Waals surface area contributed by atoms with E-state index in [4.69, 9.17) is 10.5 Å². The van der Waals surface area contributed by atoms with Crippen LogP contribution < -0.4 is 0 Å². The van der Waals surface area contributed by atoms with Gasteiger partial charge in [0.05, 0.1) is 0 Å². The number of hydrogen-bond acceptors (Lipinski definition) is 3. The van der Waals surface area contributed by atoms with Crippen LogP contribution in [0.15, 0.2) is 28.5 Å². The van der Waals surface area contributed by atoms with Crippen molar-refractivity contribution < 1.29 is 0 Å². The van der Waals surface area contributed by atoms with Crippen molar-refractivity contribution in [3.63, 3.8) is 0 Å². The molecule has 0 N–H and O–H groups in total. The topological polar surface area (TPSA) is 60.5 Å². The Balaban J connectivity index is 3.00. The van der Waals surface area contributed by atoms with Crippen molar-refractivity contribution in [2.45, 2.75) is 0 Å². The first-order valence-electron chi connectivity index (χ1n) is 3.39. The summed E-state index contributed by atoms with van der Waals surface area (Å²) in [6.45, 7) is 0. The van der Waals surface area contributed by atoms with Gasteiger partial charge in [0.25, 0.3) is 0 Å². The molecule has 4 heteroatoms. The van der Waals surface area contributed by atoms with E-state index in [1.165, 1.54) is 6.08 Å². The highest BCUT2D eigenvalue weighted by atomic mass is 79.9. The predicted molar refractivity (Wildman–Crippen MR) is 51.1 cm³/mol. The average Bonchev–Trinajstić information content (AvgIpc) is 2.17. The van der Waals surface area contributed by atoms with Crippen LogP contribution in [0.1, 0.15) is 5.56 Å². The smallest absolute Gasteiger partial charge is 0.130 e. The number of rotatable bonds is 1. The zero-order chi connectivity index (χ0) is 9.68. The summed E-state index contributed by atoms with van der Waals surface area (Å²) in [6.07, 6.45) is 3.07. The lowest BCUT2D eigenvalue weighted by Crippen LogP contribution is -1.78. The van der Waals surface area contributed by atoms with Crippen molar-refractivity contribution in [3.05, 3.63) is 34.1 Å². The molecule has 0 aliphatic rings. The van der Waals surface area contributed by atoms with Gasteiger partial charge >= 0.3 is 0 Å². The van der Waals surface area contributed by atoms with Gasteiger partial charge in [0, 0.05) is 6.20 Å². The van der Waals surface area contributed by atoms with Crippen molar-refractivity contribution in [2.24, 2.45) is 0 Å². The Morgan fingerprint density at radius 2 is 2.08 bits per heavy atom. The van der Waals surface area contributed by atoms with Gasteiger partial charge in [-0.05, 0) is 33.6 Å². The van der Waals surface area contributed by atoms with E-state index in [9.17, 15) is 0 Å². The van der Waals surface area contributed by atoms with Crippen LogP contribution in [-0.2, 0) is 0 Å². The Bertz CT molecular complexity index is 390. The Hall–Kier alpha value is -1.65. The van der Waals surface area contributed by atoms with E-state index in [2.05, 4.69) is 20.9 Å². The molecule has 1 aromatic heterocycles. The van der Waals surface area contributed by atoms with E-state index in [0.717, 1.165) is 10.2 Å². The summed E-state index contributed by atoms with van der Waals surface area (Å²) >= 11 is 3.18. The minimum atomic E-state index is 0.0733. The highest BCUT2D eigenvalue weighted by molar-refractivity contribution is 9.10. The van der Waals surface area contributed by atoms with Crippen LogP contribution >= 0.6 is 15.9 Å². The molecule has 0 radical (unpaired) electrons. The van der Waals surface area contributed by atoms with E-state index < -0.39 is 0 Å². The van der Waals surface area contributed by atoms with Gasteiger partial charge in [0.1, 0.15) is 22.3 Å².